The van der Waals surface area contributed by atoms with Gasteiger partial charge in [-0.25, -0.2) is 0 Å². The van der Waals surface area contributed by atoms with E-state index in [0.29, 0.717) is 18.3 Å². The summed E-state index contributed by atoms with van der Waals surface area (Å²) in [5, 5.41) is 0. The molecule has 16 heavy (non-hydrogen) atoms. The molecule has 0 aromatic rings. The average molecular weight is 286 g/mol. The summed E-state index contributed by atoms with van der Waals surface area (Å²) in [6, 6.07) is 0. The Hall–Kier alpha value is 0.540. The van der Waals surface area contributed by atoms with Gasteiger partial charge in [-0.15, -0.1) is 0 Å². The van der Waals surface area contributed by atoms with Gasteiger partial charge in [-0.2, -0.15) is 0 Å². The van der Waals surface area contributed by atoms with Crippen LogP contribution in [-0.2, 0) is 4.79 Å². The molecule has 1 rings (SSSR count). The predicted molar refractivity (Wildman–Crippen MR) is 70.1 cm³/mol. The molecule has 1 aliphatic carbocycles. The number of hydrogen-bond donors (Lipinski definition) is 0. The van der Waals surface area contributed by atoms with Crippen molar-refractivity contribution >= 4 is 40.6 Å². The molecule has 0 spiro atoms. The number of carbonyl (C=O) groups is 1. The van der Waals surface area contributed by atoms with Gasteiger partial charge < -0.3 is 4.79 Å². The summed E-state index contributed by atoms with van der Waals surface area (Å²) in [7, 11) is 0. The van der Waals surface area contributed by atoms with Crippen molar-refractivity contribution < 1.29 is 4.79 Å². The van der Waals surface area contributed by atoms with Crippen LogP contribution in [0.4, 0.5) is 0 Å². The average Bonchev–Trinajstić information content (AvgIpc) is 2.53. The van der Waals surface area contributed by atoms with Crippen LogP contribution in [-0.4, -0.2) is 9.58 Å². The summed E-state index contributed by atoms with van der Waals surface area (Å²) in [5.41, 5.74) is 0.218. The van der Waals surface area contributed by atoms with Gasteiger partial charge in [-0.1, -0.05) is 55.6 Å². The number of Topliss-reactive ketones (excluding diaryl/α,β-unsaturated/α-hetero) is 1. The highest BCUT2D eigenvalue weighted by Gasteiger charge is 2.58. The quantitative estimate of drug-likeness (QED) is 0.688. The van der Waals surface area contributed by atoms with Gasteiger partial charge in [0.1, 0.15) is 5.78 Å². The number of alkyl halides is 3. The molecule has 0 aromatic carbocycles. The monoisotopic (exact) mass is 284 g/mol. The van der Waals surface area contributed by atoms with E-state index in [1.54, 1.807) is 6.92 Å². The number of carbonyl (C=O) groups excluding carboxylic acids is 1. The first-order valence-electron chi connectivity index (χ1n) is 5.63. The molecule has 3 atom stereocenters. The van der Waals surface area contributed by atoms with E-state index in [-0.39, 0.29) is 17.1 Å². The number of halogens is 3. The van der Waals surface area contributed by atoms with Crippen molar-refractivity contribution in [1.82, 2.24) is 0 Å². The minimum absolute atomic E-state index is 0.0266. The third kappa shape index (κ3) is 3.27. The summed E-state index contributed by atoms with van der Waals surface area (Å²) in [4.78, 5) is 11.1. The lowest BCUT2D eigenvalue weighted by molar-refractivity contribution is -0.117. The molecule has 4 heteroatoms. The Balaban J connectivity index is 2.54. The van der Waals surface area contributed by atoms with Gasteiger partial charge in [0.15, 0.2) is 3.79 Å². The van der Waals surface area contributed by atoms with Crippen molar-refractivity contribution in [2.45, 2.75) is 44.3 Å². The van der Waals surface area contributed by atoms with E-state index in [0.717, 1.165) is 6.42 Å². The molecule has 0 aliphatic heterocycles. The lowest BCUT2D eigenvalue weighted by atomic mass is 10.0. The summed E-state index contributed by atoms with van der Waals surface area (Å²) in [6.07, 6.45) is 1.53. The molecule has 0 bridgehead atoms. The SMILES string of the molecule is CC(=O)CC1C(CC(C)C(Cl)(Cl)Cl)C1(C)C. The van der Waals surface area contributed by atoms with Crippen molar-refractivity contribution in [3.05, 3.63) is 0 Å². The summed E-state index contributed by atoms with van der Waals surface area (Å²) >= 11 is 17.6. The van der Waals surface area contributed by atoms with Gasteiger partial charge in [0.2, 0.25) is 0 Å². The van der Waals surface area contributed by atoms with Crippen LogP contribution < -0.4 is 0 Å². The zero-order chi connectivity index (χ0) is 12.7. The van der Waals surface area contributed by atoms with Gasteiger partial charge in [0.25, 0.3) is 0 Å². The largest absolute Gasteiger partial charge is 0.300 e. The number of hydrogen-bond acceptors (Lipinski definition) is 1. The third-order valence-electron chi connectivity index (χ3n) is 3.96. The molecule has 0 aromatic heterocycles. The minimum atomic E-state index is -1.19. The molecule has 0 saturated heterocycles. The first kappa shape index (κ1) is 14.6. The van der Waals surface area contributed by atoms with Crippen LogP contribution in [0.1, 0.15) is 40.5 Å². The smallest absolute Gasteiger partial charge is 0.193 e. The van der Waals surface area contributed by atoms with Crippen molar-refractivity contribution in [3.63, 3.8) is 0 Å². The first-order chi connectivity index (χ1) is 7.06. The molecule has 94 valence electrons. The van der Waals surface area contributed by atoms with Crippen LogP contribution in [0.25, 0.3) is 0 Å². The molecule has 3 unspecified atom stereocenters. The Kier molecular flexibility index (Phi) is 4.26. The Labute approximate surface area is 113 Å². The maximum Gasteiger partial charge on any atom is 0.193 e. The fraction of sp³-hybridized carbons (Fsp3) is 0.917. The second-order valence-electron chi connectivity index (χ2n) is 5.62. The van der Waals surface area contributed by atoms with Crippen molar-refractivity contribution in [3.8, 4) is 0 Å². The third-order valence-corrected chi connectivity index (χ3v) is 5.08. The molecule has 1 aliphatic rings. The van der Waals surface area contributed by atoms with Crippen LogP contribution in [0.15, 0.2) is 0 Å². The van der Waals surface area contributed by atoms with Crippen LogP contribution in [0.5, 0.6) is 0 Å². The standard InChI is InChI=1S/C12H19Cl3O/c1-7(12(13,14)15)5-9-10(6-8(2)16)11(9,3)4/h7,9-10H,5-6H2,1-4H3. The summed E-state index contributed by atoms with van der Waals surface area (Å²) < 4.78 is -1.19. The van der Waals surface area contributed by atoms with Crippen LogP contribution in [0.2, 0.25) is 0 Å². The van der Waals surface area contributed by atoms with Crippen LogP contribution >= 0.6 is 34.8 Å². The van der Waals surface area contributed by atoms with E-state index in [1.165, 1.54) is 0 Å². The fourth-order valence-corrected chi connectivity index (χ4v) is 2.82. The fourth-order valence-electron chi connectivity index (χ4n) is 2.56. The molecular weight excluding hydrogens is 266 g/mol. The second-order valence-corrected chi connectivity index (χ2v) is 7.99. The number of rotatable bonds is 4. The van der Waals surface area contributed by atoms with E-state index < -0.39 is 3.79 Å². The van der Waals surface area contributed by atoms with Crippen LogP contribution in [0.3, 0.4) is 0 Å². The predicted octanol–water partition coefficient (Wildman–Crippen LogP) is 4.63. The highest BCUT2D eigenvalue weighted by Crippen LogP contribution is 2.63. The van der Waals surface area contributed by atoms with E-state index in [9.17, 15) is 4.79 Å². The molecule has 0 heterocycles. The highest BCUT2D eigenvalue weighted by atomic mass is 35.6. The normalized spacial score (nSPS) is 29.9. The molecule has 1 fully saturated rings. The lowest BCUT2D eigenvalue weighted by Crippen LogP contribution is -2.17. The zero-order valence-electron chi connectivity index (χ0n) is 10.2. The molecule has 0 radical (unpaired) electrons. The summed E-state index contributed by atoms with van der Waals surface area (Å²) in [5.74, 6) is 1.24. The molecule has 1 saturated carbocycles. The Morgan fingerprint density at radius 2 is 1.81 bits per heavy atom. The first-order valence-corrected chi connectivity index (χ1v) is 6.76. The van der Waals surface area contributed by atoms with E-state index >= 15 is 0 Å². The van der Waals surface area contributed by atoms with Gasteiger partial charge in [-0.3, -0.25) is 0 Å². The van der Waals surface area contributed by atoms with Crippen LogP contribution in [0, 0.1) is 23.2 Å². The molecule has 0 N–H and O–H groups in total. The lowest BCUT2D eigenvalue weighted by Gasteiger charge is -2.20. The van der Waals surface area contributed by atoms with Crippen molar-refractivity contribution in [2.24, 2.45) is 23.2 Å². The second kappa shape index (κ2) is 4.66. The highest BCUT2D eigenvalue weighted by molar-refractivity contribution is 6.67. The molecule has 1 nitrogen and oxygen atoms in total. The van der Waals surface area contributed by atoms with Gasteiger partial charge in [0.05, 0.1) is 0 Å². The van der Waals surface area contributed by atoms with Gasteiger partial charge in [0, 0.05) is 12.3 Å². The minimum Gasteiger partial charge on any atom is -0.300 e. The number of ketones is 1. The van der Waals surface area contributed by atoms with E-state index in [1.807, 2.05) is 6.92 Å². The van der Waals surface area contributed by atoms with Crippen molar-refractivity contribution in [1.29, 1.82) is 0 Å². The maximum absolute atomic E-state index is 11.1. The zero-order valence-corrected chi connectivity index (χ0v) is 12.5. The Morgan fingerprint density at radius 1 is 1.31 bits per heavy atom. The van der Waals surface area contributed by atoms with E-state index in [4.69, 9.17) is 34.8 Å². The summed E-state index contributed by atoms with van der Waals surface area (Å²) in [6.45, 7) is 7.97. The Bertz CT molecular complexity index is 280. The molecular formula is C12H19Cl3O. The van der Waals surface area contributed by atoms with Crippen molar-refractivity contribution in [2.75, 3.05) is 0 Å². The van der Waals surface area contributed by atoms with Gasteiger partial charge in [-0.05, 0) is 30.6 Å². The van der Waals surface area contributed by atoms with Gasteiger partial charge >= 0.3 is 0 Å². The van der Waals surface area contributed by atoms with E-state index in [2.05, 4.69) is 13.8 Å². The Morgan fingerprint density at radius 3 is 2.19 bits per heavy atom. The maximum atomic E-state index is 11.1. The molecule has 0 amide bonds. The topological polar surface area (TPSA) is 17.1 Å².